The van der Waals surface area contributed by atoms with Crippen LogP contribution in [0.15, 0.2) is 30.5 Å². The Morgan fingerprint density at radius 1 is 1.46 bits per heavy atom. The molecule has 0 fully saturated rings. The first-order valence-corrected chi connectivity index (χ1v) is 4.61. The summed E-state index contributed by atoms with van der Waals surface area (Å²) in [6.45, 7) is 11.2. The molecule has 0 heterocycles. The average molecular weight is 181 g/mol. The first-order chi connectivity index (χ1) is 6.20. The minimum atomic E-state index is 0.0369. The van der Waals surface area contributed by atoms with Gasteiger partial charge >= 0.3 is 0 Å². The zero-order valence-electron chi connectivity index (χ0n) is 8.62. The maximum Gasteiger partial charge on any atom is 0.145 e. The molecule has 0 spiro atoms. The summed E-state index contributed by atoms with van der Waals surface area (Å²) in [5.74, 6) is 0. The molecule has 2 heteroatoms. The largest absolute Gasteiger partial charge is 0.388 e. The highest BCUT2D eigenvalue weighted by molar-refractivity contribution is 5.78. The summed E-state index contributed by atoms with van der Waals surface area (Å²) in [5, 5.41) is 3.89. The van der Waals surface area contributed by atoms with E-state index in [1.54, 1.807) is 6.08 Å². The number of hydrogen-bond donors (Lipinski definition) is 0. The number of allylic oxidation sites excluding steroid dienone is 1. The van der Waals surface area contributed by atoms with Gasteiger partial charge in [0.05, 0.1) is 5.71 Å². The second-order valence-electron chi connectivity index (χ2n) is 3.14. The van der Waals surface area contributed by atoms with E-state index in [0.29, 0.717) is 0 Å². The van der Waals surface area contributed by atoms with E-state index in [1.165, 1.54) is 0 Å². The summed E-state index contributed by atoms with van der Waals surface area (Å²) in [6.07, 6.45) is 6.77. The highest BCUT2D eigenvalue weighted by atomic mass is 16.6. The summed E-state index contributed by atoms with van der Waals surface area (Å²) in [4.78, 5) is 5.23. The lowest BCUT2D eigenvalue weighted by Crippen LogP contribution is -2.06. The van der Waals surface area contributed by atoms with Gasteiger partial charge in [-0.05, 0) is 39.2 Å². The van der Waals surface area contributed by atoms with E-state index in [2.05, 4.69) is 18.3 Å². The Kier molecular flexibility index (Phi) is 6.98. The van der Waals surface area contributed by atoms with Crippen molar-refractivity contribution in [2.45, 2.75) is 39.2 Å². The van der Waals surface area contributed by atoms with Crippen LogP contribution in [0.1, 0.15) is 33.1 Å². The molecule has 0 aliphatic rings. The van der Waals surface area contributed by atoms with E-state index in [-0.39, 0.29) is 6.10 Å². The molecule has 0 rings (SSSR count). The maximum absolute atomic E-state index is 5.23. The fourth-order valence-corrected chi connectivity index (χ4v) is 0.850. The summed E-state index contributed by atoms with van der Waals surface area (Å²) in [5.41, 5.74) is 0.926. The predicted octanol–water partition coefficient (Wildman–Crippen LogP) is 3.31. The SMILES string of the molecule is C=CCCCC(C=C)ON=C(C)C. The molecular weight excluding hydrogens is 162 g/mol. The predicted molar refractivity (Wildman–Crippen MR) is 57.9 cm³/mol. The van der Waals surface area contributed by atoms with Crippen molar-refractivity contribution in [1.29, 1.82) is 0 Å². The fraction of sp³-hybridized carbons (Fsp3) is 0.545. The van der Waals surface area contributed by atoms with Gasteiger partial charge < -0.3 is 4.84 Å². The Balaban J connectivity index is 3.69. The van der Waals surface area contributed by atoms with Crippen molar-refractivity contribution in [3.05, 3.63) is 25.3 Å². The van der Waals surface area contributed by atoms with Crippen LogP contribution in [0.5, 0.6) is 0 Å². The summed E-state index contributed by atoms with van der Waals surface area (Å²) < 4.78 is 0. The lowest BCUT2D eigenvalue weighted by Gasteiger charge is -2.09. The highest BCUT2D eigenvalue weighted by Crippen LogP contribution is 2.06. The maximum atomic E-state index is 5.23. The second kappa shape index (κ2) is 7.59. The Hall–Kier alpha value is -1.05. The van der Waals surface area contributed by atoms with Crippen molar-refractivity contribution < 1.29 is 4.84 Å². The molecule has 74 valence electrons. The Morgan fingerprint density at radius 3 is 2.62 bits per heavy atom. The van der Waals surface area contributed by atoms with Gasteiger partial charge in [-0.3, -0.25) is 0 Å². The minimum absolute atomic E-state index is 0.0369. The third-order valence-corrected chi connectivity index (χ3v) is 1.53. The Labute approximate surface area is 81.0 Å². The second-order valence-corrected chi connectivity index (χ2v) is 3.14. The van der Waals surface area contributed by atoms with Crippen molar-refractivity contribution in [3.8, 4) is 0 Å². The number of nitrogens with zero attached hydrogens (tertiary/aromatic N) is 1. The number of hydrogen-bond acceptors (Lipinski definition) is 2. The van der Waals surface area contributed by atoms with Crippen molar-refractivity contribution >= 4 is 5.71 Å². The molecule has 0 saturated heterocycles. The van der Waals surface area contributed by atoms with E-state index in [9.17, 15) is 0 Å². The third-order valence-electron chi connectivity index (χ3n) is 1.53. The number of rotatable bonds is 7. The van der Waals surface area contributed by atoms with Crippen molar-refractivity contribution in [2.24, 2.45) is 5.16 Å². The van der Waals surface area contributed by atoms with E-state index in [0.717, 1.165) is 25.0 Å². The van der Waals surface area contributed by atoms with Crippen LogP contribution in [0.4, 0.5) is 0 Å². The van der Waals surface area contributed by atoms with E-state index in [4.69, 9.17) is 4.84 Å². The molecule has 0 bridgehead atoms. The lowest BCUT2D eigenvalue weighted by molar-refractivity contribution is 0.0852. The minimum Gasteiger partial charge on any atom is -0.388 e. The molecule has 2 nitrogen and oxygen atoms in total. The monoisotopic (exact) mass is 181 g/mol. The molecular formula is C11H19NO. The Bertz CT molecular complexity index is 181. The van der Waals surface area contributed by atoms with Crippen LogP contribution in [-0.2, 0) is 4.84 Å². The molecule has 0 aromatic carbocycles. The molecule has 0 saturated carbocycles. The van der Waals surface area contributed by atoms with Crippen LogP contribution >= 0.6 is 0 Å². The average Bonchev–Trinajstić information content (AvgIpc) is 2.10. The molecule has 13 heavy (non-hydrogen) atoms. The number of unbranched alkanes of at least 4 members (excludes halogenated alkanes) is 1. The van der Waals surface area contributed by atoms with Crippen LogP contribution in [0.25, 0.3) is 0 Å². The van der Waals surface area contributed by atoms with Crippen LogP contribution in [0.2, 0.25) is 0 Å². The van der Waals surface area contributed by atoms with Gasteiger partial charge in [0, 0.05) is 0 Å². The quantitative estimate of drug-likeness (QED) is 0.255. The topological polar surface area (TPSA) is 21.6 Å². The van der Waals surface area contributed by atoms with Crippen LogP contribution in [-0.4, -0.2) is 11.8 Å². The van der Waals surface area contributed by atoms with Gasteiger partial charge in [0.2, 0.25) is 0 Å². The molecule has 1 atom stereocenters. The molecule has 0 N–H and O–H groups in total. The van der Waals surface area contributed by atoms with E-state index >= 15 is 0 Å². The van der Waals surface area contributed by atoms with Gasteiger partial charge in [0.15, 0.2) is 0 Å². The Morgan fingerprint density at radius 2 is 2.15 bits per heavy atom. The lowest BCUT2D eigenvalue weighted by atomic mass is 10.1. The zero-order chi connectivity index (χ0) is 10.1. The van der Waals surface area contributed by atoms with Gasteiger partial charge in [-0.1, -0.05) is 17.8 Å². The summed E-state index contributed by atoms with van der Waals surface area (Å²) >= 11 is 0. The van der Waals surface area contributed by atoms with Crippen LogP contribution < -0.4 is 0 Å². The first kappa shape index (κ1) is 11.9. The van der Waals surface area contributed by atoms with E-state index < -0.39 is 0 Å². The highest BCUT2D eigenvalue weighted by Gasteiger charge is 2.02. The van der Waals surface area contributed by atoms with Crippen molar-refractivity contribution in [2.75, 3.05) is 0 Å². The van der Waals surface area contributed by atoms with E-state index in [1.807, 2.05) is 19.9 Å². The smallest absolute Gasteiger partial charge is 0.145 e. The molecule has 0 aromatic rings. The third kappa shape index (κ3) is 7.32. The molecule has 0 amide bonds. The normalized spacial score (nSPS) is 11.5. The molecule has 1 unspecified atom stereocenters. The zero-order valence-corrected chi connectivity index (χ0v) is 8.62. The van der Waals surface area contributed by atoms with Gasteiger partial charge in [-0.25, -0.2) is 0 Å². The molecule has 0 radical (unpaired) electrons. The standard InChI is InChI=1S/C11H19NO/c1-5-7-8-9-11(6-2)13-12-10(3)4/h5-6,11H,1-2,7-9H2,3-4H3. The summed E-state index contributed by atoms with van der Waals surface area (Å²) in [7, 11) is 0. The molecule has 0 aliphatic carbocycles. The van der Waals surface area contributed by atoms with Gasteiger partial charge in [0.1, 0.15) is 6.10 Å². The van der Waals surface area contributed by atoms with Gasteiger partial charge in [-0.2, -0.15) is 0 Å². The summed E-state index contributed by atoms with van der Waals surface area (Å²) in [6, 6.07) is 0. The van der Waals surface area contributed by atoms with Gasteiger partial charge in [-0.15, -0.1) is 6.58 Å². The van der Waals surface area contributed by atoms with Crippen LogP contribution in [0.3, 0.4) is 0 Å². The van der Waals surface area contributed by atoms with Gasteiger partial charge in [0.25, 0.3) is 0 Å². The van der Waals surface area contributed by atoms with Crippen molar-refractivity contribution in [3.63, 3.8) is 0 Å². The van der Waals surface area contributed by atoms with Crippen molar-refractivity contribution in [1.82, 2.24) is 0 Å². The van der Waals surface area contributed by atoms with Crippen LogP contribution in [0, 0.1) is 0 Å². The first-order valence-electron chi connectivity index (χ1n) is 4.61. The number of oxime groups is 1. The molecule has 0 aliphatic heterocycles. The fourth-order valence-electron chi connectivity index (χ4n) is 0.850. The molecule has 0 aromatic heterocycles.